The van der Waals surface area contributed by atoms with Crippen LogP contribution in [0.15, 0.2) is 42.5 Å². The molecule has 0 radical (unpaired) electrons. The number of quaternary nitrogens is 1. The minimum atomic E-state index is -0.0999. The molecule has 2 aromatic rings. The molecule has 0 saturated heterocycles. The first-order valence-electron chi connectivity index (χ1n) is 8.06. The van der Waals surface area contributed by atoms with Gasteiger partial charge in [0, 0.05) is 23.9 Å². The Bertz CT molecular complexity index is 696. The molecule has 3 N–H and O–H groups in total. The molecule has 0 fully saturated rings. The van der Waals surface area contributed by atoms with E-state index in [0.717, 1.165) is 11.3 Å². The fraction of sp³-hybridized carbons (Fsp3) is 0.316. The number of methoxy groups -OCH3 is 3. The second-order valence-electron chi connectivity index (χ2n) is 5.62. The number of carbonyl (C=O) groups is 1. The van der Waals surface area contributed by atoms with Crippen LogP contribution in [-0.2, 0) is 4.79 Å². The summed E-state index contributed by atoms with van der Waals surface area (Å²) in [5.74, 6) is 1.98. The van der Waals surface area contributed by atoms with Gasteiger partial charge < -0.3 is 24.8 Å². The summed E-state index contributed by atoms with van der Waals surface area (Å²) in [6.07, 6.45) is 0. The summed E-state index contributed by atoms with van der Waals surface area (Å²) in [6.45, 7) is 2.33. The summed E-state index contributed by atoms with van der Waals surface area (Å²) < 4.78 is 15.8. The molecule has 0 aliphatic heterocycles. The van der Waals surface area contributed by atoms with Crippen LogP contribution in [-0.4, -0.2) is 33.8 Å². The van der Waals surface area contributed by atoms with E-state index < -0.39 is 0 Å². The molecular formula is C19H25N2O4+. The van der Waals surface area contributed by atoms with Gasteiger partial charge in [-0.25, -0.2) is 0 Å². The van der Waals surface area contributed by atoms with Crippen LogP contribution < -0.4 is 24.8 Å². The Morgan fingerprint density at radius 1 is 1.04 bits per heavy atom. The van der Waals surface area contributed by atoms with Gasteiger partial charge in [-0.3, -0.25) is 4.79 Å². The van der Waals surface area contributed by atoms with Crippen molar-refractivity contribution in [2.24, 2.45) is 0 Å². The van der Waals surface area contributed by atoms with Gasteiger partial charge in [0.15, 0.2) is 6.54 Å². The summed E-state index contributed by atoms with van der Waals surface area (Å²) in [5, 5.41) is 4.83. The van der Waals surface area contributed by atoms with E-state index in [1.165, 1.54) is 0 Å². The Morgan fingerprint density at radius 2 is 1.68 bits per heavy atom. The van der Waals surface area contributed by atoms with E-state index in [1.54, 1.807) is 39.5 Å². The van der Waals surface area contributed by atoms with Crippen LogP contribution in [0.25, 0.3) is 0 Å². The van der Waals surface area contributed by atoms with E-state index >= 15 is 0 Å². The van der Waals surface area contributed by atoms with Crippen molar-refractivity contribution in [3.8, 4) is 17.2 Å². The maximum atomic E-state index is 12.2. The van der Waals surface area contributed by atoms with Crippen molar-refractivity contribution in [3.63, 3.8) is 0 Å². The summed E-state index contributed by atoms with van der Waals surface area (Å²) in [4.78, 5) is 12.2. The molecule has 0 heterocycles. The largest absolute Gasteiger partial charge is 0.497 e. The van der Waals surface area contributed by atoms with Crippen molar-refractivity contribution >= 4 is 11.6 Å². The highest BCUT2D eigenvalue weighted by Crippen LogP contribution is 2.25. The van der Waals surface area contributed by atoms with Gasteiger partial charge >= 0.3 is 0 Å². The molecule has 0 unspecified atom stereocenters. The molecule has 0 spiro atoms. The van der Waals surface area contributed by atoms with Gasteiger partial charge in [-0.2, -0.15) is 0 Å². The van der Waals surface area contributed by atoms with Gasteiger partial charge in [0.1, 0.15) is 23.3 Å². The topological polar surface area (TPSA) is 73.4 Å². The molecule has 6 heteroatoms. The van der Waals surface area contributed by atoms with Crippen molar-refractivity contribution in [1.29, 1.82) is 0 Å². The predicted octanol–water partition coefficient (Wildman–Crippen LogP) is 1.98. The fourth-order valence-electron chi connectivity index (χ4n) is 2.55. The standard InChI is InChI=1S/C19H24N2O4/c1-13(17-7-5-6-8-18(17)25-4)20-12-19(22)21-14-9-15(23-2)11-16(10-14)24-3/h5-11,13,20H,12H2,1-4H3,(H,21,22)/p+1/t13-/m1/s1. The molecule has 1 atom stereocenters. The molecule has 1 amide bonds. The summed E-state index contributed by atoms with van der Waals surface area (Å²) in [5.41, 5.74) is 1.69. The van der Waals surface area contributed by atoms with E-state index in [0.29, 0.717) is 23.7 Å². The number of para-hydroxylation sites is 1. The van der Waals surface area contributed by atoms with Crippen LogP contribution in [0.5, 0.6) is 17.2 Å². The van der Waals surface area contributed by atoms with Gasteiger partial charge in [-0.15, -0.1) is 0 Å². The van der Waals surface area contributed by atoms with Gasteiger partial charge in [-0.05, 0) is 19.1 Å². The van der Waals surface area contributed by atoms with Crippen LogP contribution in [0.2, 0.25) is 0 Å². The van der Waals surface area contributed by atoms with Crippen LogP contribution in [0.1, 0.15) is 18.5 Å². The number of nitrogens with one attached hydrogen (secondary N) is 1. The molecule has 2 aromatic carbocycles. The molecule has 0 bridgehead atoms. The molecule has 0 saturated carbocycles. The molecule has 0 aromatic heterocycles. The fourth-order valence-corrected chi connectivity index (χ4v) is 2.55. The van der Waals surface area contributed by atoms with E-state index in [2.05, 4.69) is 5.32 Å². The van der Waals surface area contributed by atoms with Crippen molar-refractivity contribution in [2.75, 3.05) is 33.2 Å². The lowest BCUT2D eigenvalue weighted by Gasteiger charge is -2.14. The average Bonchev–Trinajstić information content (AvgIpc) is 2.65. The molecule has 0 aliphatic rings. The molecule has 25 heavy (non-hydrogen) atoms. The SMILES string of the molecule is COc1cc(NC(=O)C[NH2+][C@H](C)c2ccccc2OC)cc(OC)c1. The lowest BCUT2D eigenvalue weighted by molar-refractivity contribution is -0.682. The predicted molar refractivity (Wildman–Crippen MR) is 96.4 cm³/mol. The Hall–Kier alpha value is -2.73. The Kier molecular flexibility index (Phi) is 6.65. The quantitative estimate of drug-likeness (QED) is 0.767. The number of ether oxygens (including phenoxy) is 3. The van der Waals surface area contributed by atoms with E-state index in [9.17, 15) is 4.79 Å². The number of amides is 1. The number of nitrogens with two attached hydrogens (primary N) is 1. The number of hydrogen-bond donors (Lipinski definition) is 2. The van der Waals surface area contributed by atoms with Gasteiger partial charge in [0.05, 0.1) is 26.9 Å². The van der Waals surface area contributed by atoms with Crippen LogP contribution in [0.3, 0.4) is 0 Å². The molecule has 0 aliphatic carbocycles. The van der Waals surface area contributed by atoms with E-state index in [4.69, 9.17) is 14.2 Å². The number of carbonyl (C=O) groups excluding carboxylic acids is 1. The monoisotopic (exact) mass is 345 g/mol. The first-order chi connectivity index (χ1) is 12.1. The number of benzene rings is 2. The van der Waals surface area contributed by atoms with Crippen molar-refractivity contribution in [3.05, 3.63) is 48.0 Å². The Labute approximate surface area is 148 Å². The van der Waals surface area contributed by atoms with Crippen LogP contribution >= 0.6 is 0 Å². The third-order valence-corrected chi connectivity index (χ3v) is 3.92. The molecule has 2 rings (SSSR count). The zero-order valence-electron chi connectivity index (χ0n) is 15.0. The van der Waals surface area contributed by atoms with Crippen LogP contribution in [0, 0.1) is 0 Å². The molecule has 134 valence electrons. The first-order valence-corrected chi connectivity index (χ1v) is 8.06. The average molecular weight is 345 g/mol. The lowest BCUT2D eigenvalue weighted by atomic mass is 10.1. The lowest BCUT2D eigenvalue weighted by Crippen LogP contribution is -2.86. The van der Waals surface area contributed by atoms with Gasteiger partial charge in [0.25, 0.3) is 5.91 Å². The Morgan fingerprint density at radius 3 is 2.28 bits per heavy atom. The number of anilines is 1. The third kappa shape index (κ3) is 5.12. The molecule has 6 nitrogen and oxygen atoms in total. The Balaban J connectivity index is 1.96. The third-order valence-electron chi connectivity index (χ3n) is 3.92. The second-order valence-corrected chi connectivity index (χ2v) is 5.62. The van der Waals surface area contributed by atoms with E-state index in [1.807, 2.05) is 36.5 Å². The number of rotatable bonds is 8. The van der Waals surface area contributed by atoms with E-state index in [-0.39, 0.29) is 11.9 Å². The summed E-state index contributed by atoms with van der Waals surface area (Å²) in [7, 11) is 4.79. The van der Waals surface area contributed by atoms with Crippen molar-refractivity contribution in [2.45, 2.75) is 13.0 Å². The smallest absolute Gasteiger partial charge is 0.279 e. The van der Waals surface area contributed by atoms with Gasteiger partial charge in [-0.1, -0.05) is 12.1 Å². The highest BCUT2D eigenvalue weighted by molar-refractivity contribution is 5.91. The first kappa shape index (κ1) is 18.6. The minimum Gasteiger partial charge on any atom is -0.497 e. The van der Waals surface area contributed by atoms with Gasteiger partial charge in [0.2, 0.25) is 0 Å². The zero-order valence-corrected chi connectivity index (χ0v) is 15.0. The maximum Gasteiger partial charge on any atom is 0.279 e. The normalized spacial score (nSPS) is 11.5. The summed E-state index contributed by atoms with van der Waals surface area (Å²) >= 11 is 0. The van der Waals surface area contributed by atoms with Crippen molar-refractivity contribution in [1.82, 2.24) is 0 Å². The van der Waals surface area contributed by atoms with Crippen LogP contribution in [0.4, 0.5) is 5.69 Å². The zero-order chi connectivity index (χ0) is 18.2. The molecular weight excluding hydrogens is 320 g/mol. The highest BCUT2D eigenvalue weighted by Gasteiger charge is 2.15. The number of hydrogen-bond acceptors (Lipinski definition) is 4. The second kappa shape index (κ2) is 8.94. The maximum absolute atomic E-state index is 12.2. The highest BCUT2D eigenvalue weighted by atomic mass is 16.5. The van der Waals surface area contributed by atoms with Crippen molar-refractivity contribution < 1.29 is 24.3 Å². The summed E-state index contributed by atoms with van der Waals surface area (Å²) in [6, 6.07) is 13.2. The minimum absolute atomic E-state index is 0.0988.